The van der Waals surface area contributed by atoms with Crippen LogP contribution in [0.25, 0.3) is 6.08 Å². The molecule has 0 aromatic heterocycles. The minimum Gasteiger partial charge on any atom is -0.366 e. The fourth-order valence-electron chi connectivity index (χ4n) is 3.41. The van der Waals surface area contributed by atoms with E-state index in [-0.39, 0.29) is 16.6 Å². The van der Waals surface area contributed by atoms with Crippen molar-refractivity contribution >= 4 is 27.5 Å². The van der Waals surface area contributed by atoms with Crippen LogP contribution in [0.5, 0.6) is 0 Å². The number of carbonyl (C=O) groups is 1. The van der Waals surface area contributed by atoms with E-state index in [1.54, 1.807) is 35.2 Å². The monoisotopic (exact) mass is 372 g/mol. The molecular formula is C19H17FN2O3S. The largest absolute Gasteiger partial charge is 0.366 e. The van der Waals surface area contributed by atoms with Gasteiger partial charge in [0.25, 0.3) is 5.91 Å². The Hall–Kier alpha value is -2.67. The first kappa shape index (κ1) is 16.8. The molecule has 2 aromatic carbocycles. The van der Waals surface area contributed by atoms with E-state index in [1.807, 2.05) is 4.90 Å². The number of amides is 1. The van der Waals surface area contributed by atoms with Crippen molar-refractivity contribution in [1.82, 2.24) is 4.90 Å². The van der Waals surface area contributed by atoms with Crippen molar-refractivity contribution in [2.24, 2.45) is 0 Å². The second-order valence-corrected chi connectivity index (χ2v) is 8.10. The molecule has 0 atom stereocenters. The fourth-order valence-corrected chi connectivity index (χ4v) is 4.63. The van der Waals surface area contributed by atoms with Crippen molar-refractivity contribution in [2.45, 2.75) is 4.90 Å². The van der Waals surface area contributed by atoms with Gasteiger partial charge in [0.05, 0.1) is 10.6 Å². The van der Waals surface area contributed by atoms with Gasteiger partial charge in [-0.25, -0.2) is 12.8 Å². The van der Waals surface area contributed by atoms with Gasteiger partial charge in [-0.3, -0.25) is 4.79 Å². The van der Waals surface area contributed by atoms with Crippen LogP contribution in [0.4, 0.5) is 10.1 Å². The first-order valence-electron chi connectivity index (χ1n) is 8.32. The first-order valence-corrected chi connectivity index (χ1v) is 9.87. The Morgan fingerprint density at radius 1 is 0.962 bits per heavy atom. The molecule has 5 nitrogen and oxygen atoms in total. The third-order valence-electron chi connectivity index (χ3n) is 4.78. The highest BCUT2D eigenvalue weighted by Crippen LogP contribution is 2.30. The molecule has 1 saturated heterocycles. The summed E-state index contributed by atoms with van der Waals surface area (Å²) in [5, 5.41) is 1.13. The maximum absolute atomic E-state index is 13.9. The van der Waals surface area contributed by atoms with Gasteiger partial charge in [0.1, 0.15) is 5.82 Å². The molecule has 0 bridgehead atoms. The molecule has 0 N–H and O–H groups in total. The summed E-state index contributed by atoms with van der Waals surface area (Å²) in [6.45, 7) is 1.95. The van der Waals surface area contributed by atoms with Gasteiger partial charge in [-0.2, -0.15) is 0 Å². The van der Waals surface area contributed by atoms with Gasteiger partial charge in [-0.05, 0) is 30.3 Å². The molecule has 134 valence electrons. The van der Waals surface area contributed by atoms with E-state index in [0.717, 1.165) is 5.41 Å². The van der Waals surface area contributed by atoms with Crippen molar-refractivity contribution in [2.75, 3.05) is 31.1 Å². The molecule has 1 amide bonds. The second-order valence-electron chi connectivity index (χ2n) is 6.30. The number of anilines is 1. The molecule has 0 aliphatic carbocycles. The summed E-state index contributed by atoms with van der Waals surface area (Å²) >= 11 is 0. The maximum atomic E-state index is 13.9. The van der Waals surface area contributed by atoms with Gasteiger partial charge in [0.2, 0.25) is 0 Å². The zero-order chi connectivity index (χ0) is 18.3. The molecule has 2 aliphatic heterocycles. The van der Waals surface area contributed by atoms with Gasteiger partial charge in [-0.1, -0.05) is 18.2 Å². The van der Waals surface area contributed by atoms with Crippen LogP contribution in [-0.4, -0.2) is 45.4 Å². The number of benzene rings is 2. The number of sulfone groups is 1. The first-order chi connectivity index (χ1) is 12.5. The van der Waals surface area contributed by atoms with Gasteiger partial charge < -0.3 is 9.80 Å². The van der Waals surface area contributed by atoms with Crippen LogP contribution in [-0.2, 0) is 9.84 Å². The van der Waals surface area contributed by atoms with E-state index in [1.165, 1.54) is 18.2 Å². The molecule has 0 radical (unpaired) electrons. The molecule has 0 spiro atoms. The Bertz CT molecular complexity index is 1010. The van der Waals surface area contributed by atoms with Crippen molar-refractivity contribution in [3.63, 3.8) is 0 Å². The Morgan fingerprint density at radius 3 is 2.42 bits per heavy atom. The highest BCUT2D eigenvalue weighted by Gasteiger charge is 2.29. The number of carbonyl (C=O) groups excluding carboxylic acids is 1. The van der Waals surface area contributed by atoms with Crippen LogP contribution in [0.2, 0.25) is 0 Å². The van der Waals surface area contributed by atoms with E-state index in [4.69, 9.17) is 0 Å². The number of piperazine rings is 1. The lowest BCUT2D eigenvalue weighted by Crippen LogP contribution is -2.49. The van der Waals surface area contributed by atoms with Crippen LogP contribution >= 0.6 is 0 Å². The molecule has 2 heterocycles. The standard InChI is InChI=1S/C19H17FN2O3S/c20-16-5-1-2-6-17(16)21-9-11-22(12-10-21)19(23)15-4-3-7-18-14(15)8-13-26(18,24)25/h1-8,13H,9-12H2. The lowest BCUT2D eigenvalue weighted by atomic mass is 10.1. The summed E-state index contributed by atoms with van der Waals surface area (Å²) in [6, 6.07) is 11.3. The average molecular weight is 372 g/mol. The zero-order valence-electron chi connectivity index (χ0n) is 13.9. The minimum atomic E-state index is -3.44. The molecule has 26 heavy (non-hydrogen) atoms. The Morgan fingerprint density at radius 2 is 1.69 bits per heavy atom. The van der Waals surface area contributed by atoms with Gasteiger partial charge in [0, 0.05) is 42.7 Å². The van der Waals surface area contributed by atoms with Crippen molar-refractivity contribution in [1.29, 1.82) is 0 Å². The number of hydrogen-bond acceptors (Lipinski definition) is 4. The highest BCUT2D eigenvalue weighted by atomic mass is 32.2. The predicted octanol–water partition coefficient (Wildman–Crippen LogP) is 2.55. The quantitative estimate of drug-likeness (QED) is 0.813. The van der Waals surface area contributed by atoms with E-state index in [2.05, 4.69) is 0 Å². The summed E-state index contributed by atoms with van der Waals surface area (Å²) in [6.07, 6.45) is 1.48. The van der Waals surface area contributed by atoms with Crippen molar-refractivity contribution in [3.05, 3.63) is 64.8 Å². The SMILES string of the molecule is O=C(c1cccc2c1C=CS2(=O)=O)N1CCN(c2ccccc2F)CC1. The van der Waals surface area contributed by atoms with Crippen LogP contribution in [0.15, 0.2) is 52.8 Å². The second kappa shape index (κ2) is 6.25. The number of halogens is 1. The molecule has 2 aromatic rings. The summed E-state index contributed by atoms with van der Waals surface area (Å²) in [5.41, 5.74) is 1.38. The molecular weight excluding hydrogens is 355 g/mol. The lowest BCUT2D eigenvalue weighted by molar-refractivity contribution is 0.0746. The zero-order valence-corrected chi connectivity index (χ0v) is 14.7. The van der Waals surface area contributed by atoms with Gasteiger partial charge >= 0.3 is 0 Å². The predicted molar refractivity (Wildman–Crippen MR) is 97.2 cm³/mol. The topological polar surface area (TPSA) is 57.7 Å². The lowest BCUT2D eigenvalue weighted by Gasteiger charge is -2.36. The normalized spacial score (nSPS) is 18.0. The molecule has 0 unspecified atom stereocenters. The van der Waals surface area contributed by atoms with Crippen LogP contribution < -0.4 is 4.90 Å². The van der Waals surface area contributed by atoms with Gasteiger partial charge in [-0.15, -0.1) is 0 Å². The van der Waals surface area contributed by atoms with E-state index in [9.17, 15) is 17.6 Å². The number of para-hydroxylation sites is 1. The molecule has 4 rings (SSSR count). The van der Waals surface area contributed by atoms with Crippen LogP contribution in [0, 0.1) is 5.82 Å². The number of rotatable bonds is 2. The average Bonchev–Trinajstić information content (AvgIpc) is 2.97. The van der Waals surface area contributed by atoms with Gasteiger partial charge in [0.15, 0.2) is 9.84 Å². The third-order valence-corrected chi connectivity index (χ3v) is 6.24. The van der Waals surface area contributed by atoms with E-state index < -0.39 is 9.84 Å². The van der Waals surface area contributed by atoms with Crippen molar-refractivity contribution < 1.29 is 17.6 Å². The fraction of sp³-hybridized carbons (Fsp3) is 0.211. The van der Waals surface area contributed by atoms with Crippen LogP contribution in [0.1, 0.15) is 15.9 Å². The molecule has 1 fully saturated rings. The smallest absolute Gasteiger partial charge is 0.254 e. The summed E-state index contributed by atoms with van der Waals surface area (Å²) in [5.74, 6) is -0.472. The van der Waals surface area contributed by atoms with E-state index >= 15 is 0 Å². The van der Waals surface area contributed by atoms with Crippen LogP contribution in [0.3, 0.4) is 0 Å². The Balaban J connectivity index is 1.53. The number of nitrogens with zero attached hydrogens (tertiary/aromatic N) is 2. The third kappa shape index (κ3) is 2.78. The molecule has 0 saturated carbocycles. The summed E-state index contributed by atoms with van der Waals surface area (Å²) in [4.78, 5) is 16.7. The summed E-state index contributed by atoms with van der Waals surface area (Å²) in [7, 11) is -3.44. The Labute approximate surface area is 151 Å². The Kier molecular flexibility index (Phi) is 4.03. The summed E-state index contributed by atoms with van der Waals surface area (Å²) < 4.78 is 37.9. The number of fused-ring (bicyclic) bond motifs is 1. The maximum Gasteiger partial charge on any atom is 0.254 e. The molecule has 7 heteroatoms. The number of hydrogen-bond donors (Lipinski definition) is 0. The highest BCUT2D eigenvalue weighted by molar-refractivity contribution is 7.94. The van der Waals surface area contributed by atoms with Crippen molar-refractivity contribution in [3.8, 4) is 0 Å². The van der Waals surface area contributed by atoms with E-state index in [0.29, 0.717) is 43.0 Å². The minimum absolute atomic E-state index is 0.174. The molecule has 2 aliphatic rings.